The Balaban J connectivity index is 3.32. The van der Waals surface area contributed by atoms with Crippen molar-refractivity contribution < 1.29 is 21.7 Å². The molecule has 334 valence electrons. The Bertz CT molecular complexity index is 1550. The fourth-order valence-electron chi connectivity index (χ4n) is 9.70. The van der Waals surface area contributed by atoms with Crippen molar-refractivity contribution in [2.45, 2.75) is 218 Å². The van der Waals surface area contributed by atoms with Crippen LogP contribution in [0.4, 0.5) is 0 Å². The van der Waals surface area contributed by atoms with E-state index in [1.165, 1.54) is 0 Å². The van der Waals surface area contributed by atoms with Crippen molar-refractivity contribution in [1.82, 2.24) is 0 Å². The standard InChI is InChI=1S/C48H87IO5SSi3/c1-20-21-25-41(29-31-55(50,51)43-26-23-22-24-27-43)46-44(52-57(34(2)3,35(4)5)36(6)7)32-42(33-45(46)53-58(37(8)9,38(10)11)39(12)13)47(40(14)28-30-49)54-56(18,19)48(15,16)17/h22-24,26-27,32-41,47H,20-21,25,28-31H2,1-19H3/t40-,41-,47+/m0/s1. The van der Waals surface area contributed by atoms with Gasteiger partial charge in [0.05, 0.1) is 16.8 Å². The molecule has 0 fully saturated rings. The minimum absolute atomic E-state index is 0.0351. The van der Waals surface area contributed by atoms with Crippen LogP contribution in [0.5, 0.6) is 11.5 Å². The first-order valence-electron chi connectivity index (χ1n) is 22.7. The van der Waals surface area contributed by atoms with Crippen LogP contribution in [0.3, 0.4) is 0 Å². The van der Waals surface area contributed by atoms with Gasteiger partial charge in [-0.3, -0.25) is 0 Å². The van der Waals surface area contributed by atoms with Gasteiger partial charge in [0.2, 0.25) is 0 Å². The zero-order chi connectivity index (χ0) is 44.6. The van der Waals surface area contributed by atoms with Gasteiger partial charge in [-0.2, -0.15) is 0 Å². The van der Waals surface area contributed by atoms with Crippen molar-refractivity contribution in [2.75, 3.05) is 10.2 Å². The predicted molar refractivity (Wildman–Crippen MR) is 269 cm³/mol. The molecule has 0 N–H and O–H groups in total. The van der Waals surface area contributed by atoms with E-state index in [0.717, 1.165) is 52.7 Å². The number of sulfone groups is 1. The van der Waals surface area contributed by atoms with Crippen molar-refractivity contribution in [3.8, 4) is 11.5 Å². The number of unbranched alkanes of at least 4 members (excludes halogenated alkanes) is 1. The van der Waals surface area contributed by atoms with E-state index in [1.807, 2.05) is 18.2 Å². The van der Waals surface area contributed by atoms with Crippen LogP contribution in [-0.2, 0) is 14.3 Å². The summed E-state index contributed by atoms with van der Waals surface area (Å²) < 4.78 is 52.5. The van der Waals surface area contributed by atoms with Crippen molar-refractivity contribution in [1.29, 1.82) is 0 Å². The molecule has 0 saturated carbocycles. The molecule has 0 saturated heterocycles. The van der Waals surface area contributed by atoms with Gasteiger partial charge in [0, 0.05) is 5.56 Å². The summed E-state index contributed by atoms with van der Waals surface area (Å²) in [5.74, 6) is 2.10. The molecule has 3 atom stereocenters. The summed E-state index contributed by atoms with van der Waals surface area (Å²) >= 11 is 2.52. The number of hydrogen-bond donors (Lipinski definition) is 0. The van der Waals surface area contributed by atoms with E-state index < -0.39 is 34.8 Å². The van der Waals surface area contributed by atoms with Crippen LogP contribution < -0.4 is 8.85 Å². The topological polar surface area (TPSA) is 61.8 Å². The molecular formula is C48H87IO5SSi3. The number of hydrogen-bond acceptors (Lipinski definition) is 5. The maximum absolute atomic E-state index is 14.0. The van der Waals surface area contributed by atoms with Crippen molar-refractivity contribution in [2.24, 2.45) is 5.92 Å². The molecule has 0 spiro atoms. The molecule has 0 aliphatic rings. The van der Waals surface area contributed by atoms with E-state index in [-0.39, 0.29) is 28.7 Å². The fraction of sp³-hybridized carbons (Fsp3) is 0.750. The number of rotatable bonds is 24. The van der Waals surface area contributed by atoms with Gasteiger partial charge >= 0.3 is 0 Å². The molecule has 5 nitrogen and oxygen atoms in total. The summed E-state index contributed by atoms with van der Waals surface area (Å²) in [6.07, 6.45) is 4.27. The van der Waals surface area contributed by atoms with E-state index in [4.69, 9.17) is 13.3 Å². The van der Waals surface area contributed by atoms with Crippen molar-refractivity contribution in [3.63, 3.8) is 0 Å². The largest absolute Gasteiger partial charge is 0.542 e. The third kappa shape index (κ3) is 12.5. The molecule has 0 heterocycles. The van der Waals surface area contributed by atoms with E-state index >= 15 is 0 Å². The highest BCUT2D eigenvalue weighted by Crippen LogP contribution is 2.53. The van der Waals surface area contributed by atoms with E-state index in [0.29, 0.717) is 44.6 Å². The molecule has 2 aromatic carbocycles. The average molecular weight is 987 g/mol. The van der Waals surface area contributed by atoms with Gasteiger partial charge in [-0.25, -0.2) is 8.42 Å². The van der Waals surface area contributed by atoms with Gasteiger partial charge in [-0.05, 0) is 117 Å². The van der Waals surface area contributed by atoms with Crippen LogP contribution in [0.25, 0.3) is 0 Å². The van der Waals surface area contributed by atoms with Crippen LogP contribution >= 0.6 is 22.6 Å². The highest BCUT2D eigenvalue weighted by atomic mass is 127. The summed E-state index contributed by atoms with van der Waals surface area (Å²) in [5, 5.41) is 0.0351. The molecule has 58 heavy (non-hydrogen) atoms. The first kappa shape index (κ1) is 53.5. The van der Waals surface area contributed by atoms with Crippen molar-refractivity contribution in [3.05, 3.63) is 53.6 Å². The maximum Gasteiger partial charge on any atom is 0.258 e. The van der Waals surface area contributed by atoms with Gasteiger partial charge in [-0.1, -0.05) is 171 Å². The highest BCUT2D eigenvalue weighted by Gasteiger charge is 2.50. The zero-order valence-electron chi connectivity index (χ0n) is 40.5. The Hall–Kier alpha value is -0.669. The minimum atomic E-state index is -3.52. The lowest BCUT2D eigenvalue weighted by Gasteiger charge is -2.46. The molecular weight excluding hydrogens is 900 g/mol. The van der Waals surface area contributed by atoms with E-state index in [2.05, 4.69) is 166 Å². The first-order chi connectivity index (χ1) is 26.7. The Labute approximate surface area is 375 Å². The van der Waals surface area contributed by atoms with Crippen LogP contribution in [0.15, 0.2) is 47.4 Å². The van der Waals surface area contributed by atoms with Crippen LogP contribution in [0, 0.1) is 5.92 Å². The molecule has 10 heteroatoms. The molecule has 0 aliphatic heterocycles. The average Bonchev–Trinajstić information content (AvgIpc) is 3.11. The first-order valence-corrected chi connectivity index (χ1v) is 33.1. The summed E-state index contributed by atoms with van der Waals surface area (Å²) in [5.41, 5.74) is 4.36. The zero-order valence-corrected chi connectivity index (χ0v) is 46.5. The maximum atomic E-state index is 14.0. The lowest BCUT2D eigenvalue weighted by Crippen LogP contribution is -2.51. The smallest absolute Gasteiger partial charge is 0.258 e. The van der Waals surface area contributed by atoms with Crippen LogP contribution in [-0.4, -0.2) is 43.6 Å². The van der Waals surface area contributed by atoms with Crippen LogP contribution in [0.2, 0.25) is 51.4 Å². The molecule has 0 unspecified atom stereocenters. The minimum Gasteiger partial charge on any atom is -0.542 e. The van der Waals surface area contributed by atoms with E-state index in [9.17, 15) is 8.42 Å². The van der Waals surface area contributed by atoms with Crippen molar-refractivity contribution >= 4 is 57.4 Å². The van der Waals surface area contributed by atoms with Gasteiger partial charge in [0.15, 0.2) is 18.2 Å². The van der Waals surface area contributed by atoms with Gasteiger partial charge in [0.1, 0.15) is 11.5 Å². The molecule has 2 aromatic rings. The summed E-state index contributed by atoms with van der Waals surface area (Å²) in [6, 6.07) is 13.7. The fourth-order valence-corrected chi connectivity index (χ4v) is 24.0. The molecule has 0 bridgehead atoms. The molecule has 0 radical (unpaired) electrons. The van der Waals surface area contributed by atoms with E-state index in [1.54, 1.807) is 12.1 Å². The van der Waals surface area contributed by atoms with Gasteiger partial charge < -0.3 is 13.3 Å². The SMILES string of the molecule is CCCC[C@@H](CCS(=O)(=O)c1ccccc1)c1c(O[Si](C(C)C)(C(C)C)C(C)C)cc([C@H](O[Si](C)(C)C(C)(C)C)[C@@H](C)CCI)cc1O[Si](C(C)C)(C(C)C)C(C)C. The summed E-state index contributed by atoms with van der Waals surface area (Å²) in [4.78, 5) is 0.388. The predicted octanol–water partition coefficient (Wildman–Crippen LogP) is 16.5. The summed E-state index contributed by atoms with van der Waals surface area (Å²) in [7, 11) is -10.8. The Morgan fingerprint density at radius 2 is 1.10 bits per heavy atom. The Morgan fingerprint density at radius 3 is 1.47 bits per heavy atom. The monoisotopic (exact) mass is 986 g/mol. The quantitative estimate of drug-likeness (QED) is 0.0596. The lowest BCUT2D eigenvalue weighted by atomic mass is 9.87. The molecule has 2 rings (SSSR count). The molecule has 0 aliphatic carbocycles. The van der Waals surface area contributed by atoms with Crippen LogP contribution in [0.1, 0.15) is 173 Å². The summed E-state index contributed by atoms with van der Waals surface area (Å²) in [6.45, 7) is 44.6. The van der Waals surface area contributed by atoms with Gasteiger partial charge in [0.25, 0.3) is 16.6 Å². The Morgan fingerprint density at radius 1 is 0.672 bits per heavy atom. The number of alkyl halides is 1. The highest BCUT2D eigenvalue weighted by molar-refractivity contribution is 14.1. The number of benzene rings is 2. The number of halogens is 1. The molecule has 0 aromatic heterocycles. The lowest BCUT2D eigenvalue weighted by molar-refractivity contribution is 0.125. The second kappa shape index (κ2) is 22.1. The third-order valence-corrected chi connectivity index (χ3v) is 32.7. The van der Waals surface area contributed by atoms with Gasteiger partial charge in [-0.15, -0.1) is 0 Å². The normalized spacial score (nSPS) is 15.3. The third-order valence-electron chi connectivity index (χ3n) is 13.9. The second-order valence-electron chi connectivity index (χ2n) is 20.8. The Kier molecular flexibility index (Phi) is 20.4. The second-order valence-corrected chi connectivity index (χ2v) is 39.5. The molecule has 0 amide bonds.